The number of nitrogens with two attached hydrogens (primary N) is 1. The number of carbonyl (C=O) groups is 1. The van der Waals surface area contributed by atoms with Gasteiger partial charge in [0.05, 0.1) is 12.1 Å². The van der Waals surface area contributed by atoms with Gasteiger partial charge >= 0.3 is 0 Å². The molecule has 0 bridgehead atoms. The molecule has 4 heteroatoms. The molecule has 1 aromatic carbocycles. The van der Waals surface area contributed by atoms with Crippen molar-refractivity contribution in [1.82, 2.24) is 5.32 Å². The van der Waals surface area contributed by atoms with Gasteiger partial charge in [0.2, 0.25) is 0 Å². The van der Waals surface area contributed by atoms with E-state index in [-0.39, 0.29) is 5.91 Å². The molecule has 4 nitrogen and oxygen atoms in total. The van der Waals surface area contributed by atoms with Gasteiger partial charge in [0.15, 0.2) is 0 Å². The fourth-order valence-electron chi connectivity index (χ4n) is 1.96. The molecule has 100 valence electrons. The number of aryl methyl sites for hydroxylation is 1. The third-order valence-electron chi connectivity index (χ3n) is 3.06. The number of hydrogen-bond donors (Lipinski definition) is 2. The summed E-state index contributed by atoms with van der Waals surface area (Å²) >= 11 is 0. The second-order valence-electron chi connectivity index (χ2n) is 4.31. The lowest BCUT2D eigenvalue weighted by Crippen LogP contribution is -2.22. The van der Waals surface area contributed by atoms with Crippen molar-refractivity contribution < 1.29 is 9.21 Å². The Kier molecular flexibility index (Phi) is 4.36. The van der Waals surface area contributed by atoms with Crippen molar-refractivity contribution in [2.24, 2.45) is 5.73 Å². The molecule has 0 saturated carbocycles. The number of amides is 1. The summed E-state index contributed by atoms with van der Waals surface area (Å²) < 4.78 is 5.15. The van der Waals surface area contributed by atoms with Gasteiger partial charge in [0, 0.05) is 6.54 Å². The molecule has 1 aromatic heterocycles. The molecular weight excluding hydrogens is 240 g/mol. The lowest BCUT2D eigenvalue weighted by atomic mass is 10.1. The van der Waals surface area contributed by atoms with Crippen LogP contribution < -0.4 is 11.1 Å². The van der Waals surface area contributed by atoms with Gasteiger partial charge in [-0.25, -0.2) is 0 Å². The van der Waals surface area contributed by atoms with E-state index >= 15 is 0 Å². The van der Waals surface area contributed by atoms with E-state index in [9.17, 15) is 4.79 Å². The van der Waals surface area contributed by atoms with Gasteiger partial charge in [-0.2, -0.15) is 0 Å². The van der Waals surface area contributed by atoms with Crippen LogP contribution in [0.1, 0.15) is 34.2 Å². The summed E-state index contributed by atoms with van der Waals surface area (Å²) in [6.07, 6.45) is 2.39. The SMILES string of the molecule is CCc1ccccc1CNC(=O)c1coc(CN)c1. The maximum Gasteiger partial charge on any atom is 0.254 e. The highest BCUT2D eigenvalue weighted by molar-refractivity contribution is 5.93. The van der Waals surface area contributed by atoms with E-state index in [4.69, 9.17) is 10.2 Å². The predicted molar refractivity (Wildman–Crippen MR) is 73.6 cm³/mol. The summed E-state index contributed by atoms with van der Waals surface area (Å²) in [4.78, 5) is 11.9. The van der Waals surface area contributed by atoms with Crippen LogP contribution in [0.4, 0.5) is 0 Å². The van der Waals surface area contributed by atoms with Crippen LogP contribution in [-0.2, 0) is 19.5 Å². The van der Waals surface area contributed by atoms with Crippen LogP contribution in [0.15, 0.2) is 41.0 Å². The molecule has 1 amide bonds. The molecule has 0 saturated heterocycles. The molecule has 3 N–H and O–H groups in total. The average molecular weight is 258 g/mol. The quantitative estimate of drug-likeness (QED) is 0.864. The van der Waals surface area contributed by atoms with Crippen molar-refractivity contribution in [2.75, 3.05) is 0 Å². The molecule has 0 spiro atoms. The molecular formula is C15H18N2O2. The van der Waals surface area contributed by atoms with E-state index in [1.54, 1.807) is 6.07 Å². The zero-order valence-corrected chi connectivity index (χ0v) is 11.0. The Morgan fingerprint density at radius 2 is 2.05 bits per heavy atom. The zero-order chi connectivity index (χ0) is 13.7. The molecule has 0 aliphatic heterocycles. The summed E-state index contributed by atoms with van der Waals surface area (Å²) in [5, 5.41) is 2.89. The average Bonchev–Trinajstić information content (AvgIpc) is 2.94. The Hall–Kier alpha value is -2.07. The van der Waals surface area contributed by atoms with Crippen LogP contribution in [0, 0.1) is 0 Å². The molecule has 0 radical (unpaired) electrons. The van der Waals surface area contributed by atoms with Gasteiger partial charge in [-0.1, -0.05) is 31.2 Å². The third-order valence-corrected chi connectivity index (χ3v) is 3.06. The molecule has 2 aromatic rings. The van der Waals surface area contributed by atoms with E-state index < -0.39 is 0 Å². The normalized spacial score (nSPS) is 10.4. The van der Waals surface area contributed by atoms with Crippen LogP contribution in [-0.4, -0.2) is 5.91 Å². The van der Waals surface area contributed by atoms with Gasteiger partial charge in [0.25, 0.3) is 5.91 Å². The summed E-state index contributed by atoms with van der Waals surface area (Å²) in [6.45, 7) is 2.92. The Balaban J connectivity index is 2.00. The lowest BCUT2D eigenvalue weighted by Gasteiger charge is -2.08. The number of furan rings is 1. The summed E-state index contributed by atoms with van der Waals surface area (Å²) in [7, 11) is 0. The molecule has 1 heterocycles. The largest absolute Gasteiger partial charge is 0.467 e. The molecule has 0 atom stereocenters. The summed E-state index contributed by atoms with van der Waals surface area (Å²) in [5.41, 5.74) is 8.34. The second kappa shape index (κ2) is 6.20. The fourth-order valence-corrected chi connectivity index (χ4v) is 1.96. The highest BCUT2D eigenvalue weighted by atomic mass is 16.3. The van der Waals surface area contributed by atoms with E-state index in [0.29, 0.717) is 24.4 Å². The van der Waals surface area contributed by atoms with Gasteiger partial charge < -0.3 is 15.5 Å². The standard InChI is InChI=1S/C15H18N2O2/c1-2-11-5-3-4-6-12(11)9-17-15(18)13-7-14(8-16)19-10-13/h3-7,10H,2,8-9,16H2,1H3,(H,17,18). The van der Waals surface area contributed by atoms with Crippen molar-refractivity contribution in [3.63, 3.8) is 0 Å². The first-order chi connectivity index (χ1) is 9.24. The minimum absolute atomic E-state index is 0.144. The second-order valence-corrected chi connectivity index (χ2v) is 4.31. The van der Waals surface area contributed by atoms with Gasteiger partial charge in [0.1, 0.15) is 12.0 Å². The maximum atomic E-state index is 11.9. The van der Waals surface area contributed by atoms with Gasteiger partial charge in [-0.3, -0.25) is 4.79 Å². The number of nitrogens with one attached hydrogen (secondary N) is 1. The molecule has 19 heavy (non-hydrogen) atoms. The number of hydrogen-bond acceptors (Lipinski definition) is 3. The van der Waals surface area contributed by atoms with Crippen molar-refractivity contribution >= 4 is 5.91 Å². The molecule has 0 unspecified atom stereocenters. The lowest BCUT2D eigenvalue weighted by molar-refractivity contribution is 0.0950. The van der Waals surface area contributed by atoms with E-state index in [1.807, 2.05) is 18.2 Å². The van der Waals surface area contributed by atoms with Crippen LogP contribution in [0.2, 0.25) is 0 Å². The predicted octanol–water partition coefficient (Wildman–Crippen LogP) is 2.23. The molecule has 0 aliphatic rings. The van der Waals surface area contributed by atoms with Crippen molar-refractivity contribution in [3.8, 4) is 0 Å². The fraction of sp³-hybridized carbons (Fsp3) is 0.267. The number of carbonyl (C=O) groups excluding carboxylic acids is 1. The number of benzene rings is 1. The monoisotopic (exact) mass is 258 g/mol. The van der Waals surface area contributed by atoms with Crippen molar-refractivity contribution in [3.05, 3.63) is 59.0 Å². The maximum absolute atomic E-state index is 11.9. The first-order valence-corrected chi connectivity index (χ1v) is 6.37. The van der Waals surface area contributed by atoms with Crippen LogP contribution in [0.5, 0.6) is 0 Å². The van der Waals surface area contributed by atoms with E-state index in [1.165, 1.54) is 11.8 Å². The first kappa shape index (κ1) is 13.4. The minimum Gasteiger partial charge on any atom is -0.467 e. The smallest absolute Gasteiger partial charge is 0.254 e. The van der Waals surface area contributed by atoms with E-state index in [2.05, 4.69) is 18.3 Å². The van der Waals surface area contributed by atoms with Gasteiger partial charge in [-0.05, 0) is 23.6 Å². The van der Waals surface area contributed by atoms with Crippen LogP contribution in [0.25, 0.3) is 0 Å². The molecule has 0 fully saturated rings. The topological polar surface area (TPSA) is 68.3 Å². The minimum atomic E-state index is -0.144. The Labute approximate surface area is 112 Å². The van der Waals surface area contributed by atoms with E-state index in [0.717, 1.165) is 12.0 Å². The van der Waals surface area contributed by atoms with Crippen LogP contribution in [0.3, 0.4) is 0 Å². The zero-order valence-electron chi connectivity index (χ0n) is 11.0. The van der Waals surface area contributed by atoms with Crippen LogP contribution >= 0.6 is 0 Å². The summed E-state index contributed by atoms with van der Waals surface area (Å²) in [5.74, 6) is 0.466. The first-order valence-electron chi connectivity index (χ1n) is 6.37. The highest BCUT2D eigenvalue weighted by Gasteiger charge is 2.09. The highest BCUT2D eigenvalue weighted by Crippen LogP contribution is 2.10. The molecule has 2 rings (SSSR count). The molecule has 0 aliphatic carbocycles. The van der Waals surface area contributed by atoms with Crippen molar-refractivity contribution in [2.45, 2.75) is 26.4 Å². The summed E-state index contributed by atoms with van der Waals surface area (Å²) in [6, 6.07) is 9.76. The van der Waals surface area contributed by atoms with Crippen molar-refractivity contribution in [1.29, 1.82) is 0 Å². The Morgan fingerprint density at radius 3 is 2.68 bits per heavy atom. The Bertz CT molecular complexity index is 561. The Morgan fingerprint density at radius 1 is 1.32 bits per heavy atom. The van der Waals surface area contributed by atoms with Gasteiger partial charge in [-0.15, -0.1) is 0 Å². The third kappa shape index (κ3) is 3.23. The number of rotatable bonds is 5.